The Balaban J connectivity index is 1.76. The molecule has 6 nitrogen and oxygen atoms in total. The molecule has 0 spiro atoms. The lowest BCUT2D eigenvalue weighted by Gasteiger charge is -2.21. The largest absolute Gasteiger partial charge is 0.493 e. The molecule has 0 saturated carbocycles. The van der Waals surface area contributed by atoms with Crippen LogP contribution in [0.3, 0.4) is 0 Å². The van der Waals surface area contributed by atoms with Gasteiger partial charge in [-0.15, -0.1) is 0 Å². The number of aromatic amines is 1. The van der Waals surface area contributed by atoms with Gasteiger partial charge < -0.3 is 19.2 Å². The van der Waals surface area contributed by atoms with E-state index in [1.165, 1.54) is 7.11 Å². The van der Waals surface area contributed by atoms with E-state index in [9.17, 15) is 10.1 Å². The van der Waals surface area contributed by atoms with Crippen LogP contribution in [0.2, 0.25) is 0 Å². The molecule has 1 aliphatic rings. The quantitative estimate of drug-likeness (QED) is 0.400. The number of Topliss-reactive ketones (excluding diaryl/α,β-unsaturated/α-hetero) is 1. The van der Waals surface area contributed by atoms with Crippen LogP contribution in [0.1, 0.15) is 28.4 Å². The van der Waals surface area contributed by atoms with Crippen LogP contribution in [-0.2, 0) is 6.42 Å². The Hall–Kier alpha value is -3.72. The first-order valence-electron chi connectivity index (χ1n) is 9.39. The Labute approximate surface area is 168 Å². The van der Waals surface area contributed by atoms with Gasteiger partial charge >= 0.3 is 0 Å². The van der Waals surface area contributed by atoms with Crippen molar-refractivity contribution in [1.82, 2.24) is 4.98 Å². The van der Waals surface area contributed by atoms with Gasteiger partial charge in [0.25, 0.3) is 0 Å². The number of aryl methyl sites for hydroxylation is 1. The number of hydrogen-bond acceptors (Lipinski definition) is 5. The SMILES string of the molecule is CCc1cccc2c(C(=O)/C(C#N)=C/c3cc(OC)c4c(c3)OCCO4)c[nH]c12. The number of nitriles is 1. The predicted octanol–water partition coefficient (Wildman–Crippen LogP) is 4.30. The van der Waals surface area contributed by atoms with Gasteiger partial charge in [0, 0.05) is 22.7 Å². The molecule has 146 valence electrons. The normalized spacial score (nSPS) is 13.2. The van der Waals surface area contributed by atoms with Crippen molar-refractivity contribution in [3.63, 3.8) is 0 Å². The minimum Gasteiger partial charge on any atom is -0.493 e. The zero-order valence-corrected chi connectivity index (χ0v) is 16.2. The van der Waals surface area contributed by atoms with Gasteiger partial charge in [-0.05, 0) is 35.8 Å². The lowest BCUT2D eigenvalue weighted by Crippen LogP contribution is -2.16. The molecule has 4 rings (SSSR count). The highest BCUT2D eigenvalue weighted by molar-refractivity contribution is 6.20. The second kappa shape index (κ2) is 7.72. The van der Waals surface area contributed by atoms with Crippen molar-refractivity contribution in [3.05, 3.63) is 58.8 Å². The number of ketones is 1. The molecule has 29 heavy (non-hydrogen) atoms. The molecule has 0 radical (unpaired) electrons. The first kappa shape index (κ1) is 18.6. The fraction of sp³-hybridized carbons (Fsp3) is 0.217. The number of hydrogen-bond donors (Lipinski definition) is 1. The number of methoxy groups -OCH3 is 1. The molecule has 0 fully saturated rings. The zero-order valence-electron chi connectivity index (χ0n) is 16.2. The van der Waals surface area contributed by atoms with Gasteiger partial charge in [0.15, 0.2) is 11.5 Å². The van der Waals surface area contributed by atoms with Crippen LogP contribution in [0.15, 0.2) is 42.1 Å². The molecule has 3 aromatic rings. The topological polar surface area (TPSA) is 84.3 Å². The second-order valence-corrected chi connectivity index (χ2v) is 6.64. The average Bonchev–Trinajstić information content (AvgIpc) is 3.20. The number of allylic oxidation sites excluding steroid dienone is 1. The van der Waals surface area contributed by atoms with Gasteiger partial charge in [-0.3, -0.25) is 4.79 Å². The number of para-hydroxylation sites is 1. The van der Waals surface area contributed by atoms with Crippen LogP contribution in [0, 0.1) is 11.3 Å². The minimum absolute atomic E-state index is 0.0338. The molecule has 0 amide bonds. The number of fused-ring (bicyclic) bond motifs is 2. The molecular formula is C23H20N2O4. The molecule has 0 saturated heterocycles. The van der Waals surface area contributed by atoms with Crippen LogP contribution >= 0.6 is 0 Å². The van der Waals surface area contributed by atoms with Crippen LogP contribution < -0.4 is 14.2 Å². The van der Waals surface area contributed by atoms with E-state index >= 15 is 0 Å². The molecule has 1 aliphatic heterocycles. The summed E-state index contributed by atoms with van der Waals surface area (Å²) in [6.45, 7) is 2.94. The van der Waals surface area contributed by atoms with Crippen molar-refractivity contribution >= 4 is 22.8 Å². The molecule has 2 aromatic carbocycles. The third-order valence-electron chi connectivity index (χ3n) is 4.95. The Morgan fingerprint density at radius 1 is 1.31 bits per heavy atom. The van der Waals surface area contributed by atoms with E-state index < -0.39 is 0 Å². The van der Waals surface area contributed by atoms with E-state index in [1.54, 1.807) is 24.4 Å². The summed E-state index contributed by atoms with van der Waals surface area (Å²) in [4.78, 5) is 16.3. The first-order valence-corrected chi connectivity index (χ1v) is 9.39. The number of benzene rings is 2. The molecular weight excluding hydrogens is 368 g/mol. The van der Waals surface area contributed by atoms with Gasteiger partial charge in [-0.25, -0.2) is 0 Å². The number of nitrogens with one attached hydrogen (secondary N) is 1. The maximum Gasteiger partial charge on any atom is 0.205 e. The summed E-state index contributed by atoms with van der Waals surface area (Å²) in [5.41, 5.74) is 3.20. The summed E-state index contributed by atoms with van der Waals surface area (Å²) < 4.78 is 16.6. The molecule has 0 unspecified atom stereocenters. The van der Waals surface area contributed by atoms with Gasteiger partial charge in [0.05, 0.1) is 7.11 Å². The third-order valence-corrected chi connectivity index (χ3v) is 4.95. The molecule has 2 heterocycles. The summed E-state index contributed by atoms with van der Waals surface area (Å²) in [6.07, 6.45) is 4.07. The molecule has 6 heteroatoms. The highest BCUT2D eigenvalue weighted by Gasteiger charge is 2.21. The number of nitrogens with zero attached hydrogens (tertiary/aromatic N) is 1. The van der Waals surface area contributed by atoms with Crippen molar-refractivity contribution in [2.24, 2.45) is 0 Å². The van der Waals surface area contributed by atoms with E-state index in [2.05, 4.69) is 11.9 Å². The standard InChI is InChI=1S/C23H20N2O4/c1-3-15-5-4-6-17-18(13-25-21(15)17)22(26)16(12-24)9-14-10-19(27-2)23-20(11-14)28-7-8-29-23/h4-6,9-11,13,25H,3,7-8H2,1-2H3/b16-9+. The highest BCUT2D eigenvalue weighted by Crippen LogP contribution is 2.41. The van der Waals surface area contributed by atoms with Crippen LogP contribution in [-0.4, -0.2) is 31.1 Å². The average molecular weight is 388 g/mol. The summed E-state index contributed by atoms with van der Waals surface area (Å²) in [5, 5.41) is 10.5. The monoisotopic (exact) mass is 388 g/mol. The predicted molar refractivity (Wildman–Crippen MR) is 110 cm³/mol. The Morgan fingerprint density at radius 3 is 2.90 bits per heavy atom. The summed E-state index contributed by atoms with van der Waals surface area (Å²) in [7, 11) is 1.54. The molecule has 0 atom stereocenters. The second-order valence-electron chi connectivity index (χ2n) is 6.64. The van der Waals surface area contributed by atoms with E-state index in [1.807, 2.05) is 24.3 Å². The van der Waals surface area contributed by atoms with Gasteiger partial charge in [-0.1, -0.05) is 25.1 Å². The number of carbonyl (C=O) groups excluding carboxylic acids is 1. The van der Waals surface area contributed by atoms with Crippen LogP contribution in [0.5, 0.6) is 17.2 Å². The van der Waals surface area contributed by atoms with E-state index in [-0.39, 0.29) is 11.4 Å². The number of ether oxygens (including phenoxy) is 3. The van der Waals surface area contributed by atoms with Gasteiger partial charge in [0.2, 0.25) is 11.5 Å². The fourth-order valence-electron chi connectivity index (χ4n) is 3.54. The fourth-order valence-corrected chi connectivity index (χ4v) is 3.54. The van der Waals surface area contributed by atoms with Crippen molar-refractivity contribution in [2.75, 3.05) is 20.3 Å². The minimum atomic E-state index is -0.333. The smallest absolute Gasteiger partial charge is 0.205 e. The number of carbonyl (C=O) groups is 1. The lowest BCUT2D eigenvalue weighted by molar-refractivity contribution is 0.104. The molecule has 0 aliphatic carbocycles. The maximum atomic E-state index is 13.1. The van der Waals surface area contributed by atoms with E-state index in [4.69, 9.17) is 14.2 Å². The third kappa shape index (κ3) is 3.32. The zero-order chi connectivity index (χ0) is 20.4. The van der Waals surface area contributed by atoms with E-state index in [0.29, 0.717) is 41.6 Å². The van der Waals surface area contributed by atoms with Crippen molar-refractivity contribution < 1.29 is 19.0 Å². The van der Waals surface area contributed by atoms with Crippen LogP contribution in [0.4, 0.5) is 0 Å². The van der Waals surface area contributed by atoms with Crippen LogP contribution in [0.25, 0.3) is 17.0 Å². The Morgan fingerprint density at radius 2 is 2.14 bits per heavy atom. The van der Waals surface area contributed by atoms with Crippen molar-refractivity contribution in [2.45, 2.75) is 13.3 Å². The molecule has 1 aromatic heterocycles. The van der Waals surface area contributed by atoms with Crippen molar-refractivity contribution in [3.8, 4) is 23.3 Å². The number of aromatic nitrogens is 1. The number of rotatable bonds is 5. The highest BCUT2D eigenvalue weighted by atomic mass is 16.6. The van der Waals surface area contributed by atoms with Gasteiger partial charge in [0.1, 0.15) is 24.9 Å². The summed E-state index contributed by atoms with van der Waals surface area (Å²) in [5.74, 6) is 1.23. The Bertz CT molecular complexity index is 1150. The first-order chi connectivity index (χ1) is 14.2. The summed E-state index contributed by atoms with van der Waals surface area (Å²) in [6, 6.07) is 11.3. The molecule has 1 N–H and O–H groups in total. The maximum absolute atomic E-state index is 13.1. The molecule has 0 bridgehead atoms. The Kier molecular flexibility index (Phi) is 4.96. The van der Waals surface area contributed by atoms with Gasteiger partial charge in [-0.2, -0.15) is 5.26 Å². The summed E-state index contributed by atoms with van der Waals surface area (Å²) >= 11 is 0. The van der Waals surface area contributed by atoms with E-state index in [0.717, 1.165) is 22.9 Å². The lowest BCUT2D eigenvalue weighted by atomic mass is 9.99. The number of H-pyrrole nitrogens is 1. The van der Waals surface area contributed by atoms with Crippen molar-refractivity contribution in [1.29, 1.82) is 5.26 Å².